The van der Waals surface area contributed by atoms with E-state index in [1.54, 1.807) is 0 Å². The molecule has 1 saturated heterocycles. The van der Waals surface area contributed by atoms with Crippen LogP contribution in [0.4, 0.5) is 0 Å². The molecule has 0 atom stereocenters. The molecule has 0 amide bonds. The van der Waals surface area contributed by atoms with E-state index < -0.39 is 0 Å². The van der Waals surface area contributed by atoms with E-state index in [1.165, 1.54) is 11.1 Å². The summed E-state index contributed by atoms with van der Waals surface area (Å²) in [7, 11) is 0. The van der Waals surface area contributed by atoms with Crippen molar-refractivity contribution in [2.75, 3.05) is 13.2 Å². The summed E-state index contributed by atoms with van der Waals surface area (Å²) in [6.45, 7) is 3.87. The van der Waals surface area contributed by atoms with Gasteiger partial charge >= 0.3 is 0 Å². The average molecular weight is 194 g/mol. The van der Waals surface area contributed by atoms with Gasteiger partial charge in [-0.15, -0.1) is 0 Å². The first kappa shape index (κ1) is 9.94. The van der Waals surface area contributed by atoms with Crippen molar-refractivity contribution in [3.8, 4) is 0 Å². The van der Waals surface area contributed by atoms with Crippen LogP contribution in [0.25, 0.3) is 0 Å². The molecule has 1 fully saturated rings. The predicted molar refractivity (Wildman–Crippen MR) is 56.0 cm³/mol. The predicted octanol–water partition coefficient (Wildman–Crippen LogP) is 2.81. The van der Waals surface area contributed by atoms with Crippen LogP contribution in [0.5, 0.6) is 0 Å². The van der Waals surface area contributed by atoms with Crippen molar-refractivity contribution in [1.82, 2.24) is 0 Å². The van der Waals surface area contributed by atoms with Crippen LogP contribution in [0.15, 0.2) is 23.3 Å². The summed E-state index contributed by atoms with van der Waals surface area (Å²) in [5, 5.41) is 0. The van der Waals surface area contributed by atoms with Gasteiger partial charge in [-0.3, -0.25) is 0 Å². The second-order valence-corrected chi connectivity index (χ2v) is 3.77. The van der Waals surface area contributed by atoms with Crippen LogP contribution in [0, 0.1) is 0 Å². The minimum absolute atomic E-state index is 0.0522. The molecule has 0 aromatic carbocycles. The van der Waals surface area contributed by atoms with Crippen LogP contribution in [0.2, 0.25) is 0 Å². The Hall–Kier alpha value is -0.600. The number of hydrogen-bond donors (Lipinski definition) is 0. The van der Waals surface area contributed by atoms with Gasteiger partial charge in [0, 0.05) is 0 Å². The Kier molecular flexibility index (Phi) is 3.38. The van der Waals surface area contributed by atoms with Crippen molar-refractivity contribution < 1.29 is 9.47 Å². The molecule has 2 rings (SSSR count). The number of allylic oxidation sites excluding steroid dienone is 3. The Bertz CT molecular complexity index is 247. The highest BCUT2D eigenvalue weighted by atomic mass is 16.7. The normalized spacial score (nSPS) is 24.4. The summed E-state index contributed by atoms with van der Waals surface area (Å²) in [5.41, 5.74) is 2.78. The molecule has 2 heteroatoms. The third-order valence-electron chi connectivity index (χ3n) is 2.80. The zero-order chi connectivity index (χ0) is 9.80. The summed E-state index contributed by atoms with van der Waals surface area (Å²) in [4.78, 5) is 0. The van der Waals surface area contributed by atoms with Crippen LogP contribution in [-0.4, -0.2) is 19.5 Å². The van der Waals surface area contributed by atoms with Crippen molar-refractivity contribution in [1.29, 1.82) is 0 Å². The lowest BCUT2D eigenvalue weighted by Crippen LogP contribution is -2.28. The lowest BCUT2D eigenvalue weighted by Gasteiger charge is -2.28. The molecule has 2 nitrogen and oxygen atoms in total. The molecule has 0 aromatic heterocycles. The van der Waals surface area contributed by atoms with E-state index >= 15 is 0 Å². The van der Waals surface area contributed by atoms with Gasteiger partial charge in [0.05, 0.1) is 13.2 Å². The van der Waals surface area contributed by atoms with Crippen molar-refractivity contribution in [3.05, 3.63) is 23.3 Å². The van der Waals surface area contributed by atoms with Crippen LogP contribution >= 0.6 is 0 Å². The lowest BCUT2D eigenvalue weighted by molar-refractivity contribution is -0.158. The van der Waals surface area contributed by atoms with Crippen LogP contribution < -0.4 is 0 Å². The van der Waals surface area contributed by atoms with Crippen LogP contribution in [0.1, 0.15) is 32.6 Å². The largest absolute Gasteiger partial charge is 0.349 e. The van der Waals surface area contributed by atoms with E-state index in [1.807, 2.05) is 0 Å². The van der Waals surface area contributed by atoms with Gasteiger partial charge in [-0.2, -0.15) is 0 Å². The van der Waals surface area contributed by atoms with Gasteiger partial charge in [0.2, 0.25) is 0 Å². The summed E-state index contributed by atoms with van der Waals surface area (Å²) >= 11 is 0. The molecule has 0 bridgehead atoms. The SMILES string of the molecule is CCC1=C(C2OCCCO2)CCC=C1. The molecule has 2 aliphatic rings. The summed E-state index contributed by atoms with van der Waals surface area (Å²) in [6.07, 6.45) is 8.75. The molecule has 0 N–H and O–H groups in total. The van der Waals surface area contributed by atoms with Gasteiger partial charge in [-0.1, -0.05) is 19.1 Å². The maximum atomic E-state index is 5.64. The zero-order valence-electron chi connectivity index (χ0n) is 8.79. The molecule has 0 radical (unpaired) electrons. The third kappa shape index (κ3) is 2.07. The highest BCUT2D eigenvalue weighted by Crippen LogP contribution is 2.27. The molecule has 14 heavy (non-hydrogen) atoms. The Morgan fingerprint density at radius 3 is 2.86 bits per heavy atom. The summed E-state index contributed by atoms with van der Waals surface area (Å²) in [5.74, 6) is 0. The second-order valence-electron chi connectivity index (χ2n) is 3.77. The van der Waals surface area contributed by atoms with Crippen molar-refractivity contribution >= 4 is 0 Å². The molecule has 0 saturated carbocycles. The number of rotatable bonds is 2. The minimum Gasteiger partial charge on any atom is -0.349 e. The standard InChI is InChI=1S/C12H18O2/c1-2-10-6-3-4-7-11(10)12-13-8-5-9-14-12/h3,6,12H,2,4-5,7-9H2,1H3. The lowest BCUT2D eigenvalue weighted by atomic mass is 9.95. The summed E-state index contributed by atoms with van der Waals surface area (Å²) < 4.78 is 11.3. The summed E-state index contributed by atoms with van der Waals surface area (Å²) in [6, 6.07) is 0. The average Bonchev–Trinajstić information content (AvgIpc) is 2.30. The zero-order valence-corrected chi connectivity index (χ0v) is 8.79. The quantitative estimate of drug-likeness (QED) is 0.673. The van der Waals surface area contributed by atoms with Crippen LogP contribution in [-0.2, 0) is 9.47 Å². The van der Waals surface area contributed by atoms with E-state index in [2.05, 4.69) is 19.1 Å². The minimum atomic E-state index is -0.0522. The fourth-order valence-corrected chi connectivity index (χ4v) is 2.04. The highest BCUT2D eigenvalue weighted by molar-refractivity contribution is 5.30. The Balaban J connectivity index is 2.12. The first-order valence-electron chi connectivity index (χ1n) is 5.53. The Morgan fingerprint density at radius 2 is 2.14 bits per heavy atom. The second kappa shape index (κ2) is 4.76. The first-order valence-corrected chi connectivity index (χ1v) is 5.53. The molecule has 1 aliphatic heterocycles. The first-order chi connectivity index (χ1) is 6.92. The Morgan fingerprint density at radius 1 is 1.36 bits per heavy atom. The molecule has 78 valence electrons. The molecule has 0 spiro atoms. The third-order valence-corrected chi connectivity index (χ3v) is 2.80. The van der Waals surface area contributed by atoms with Gasteiger partial charge in [-0.25, -0.2) is 0 Å². The Labute approximate surface area is 85.6 Å². The van der Waals surface area contributed by atoms with Crippen molar-refractivity contribution in [2.45, 2.75) is 38.9 Å². The van der Waals surface area contributed by atoms with Gasteiger partial charge in [0.15, 0.2) is 6.29 Å². The maximum Gasteiger partial charge on any atom is 0.180 e. The molecular formula is C12H18O2. The van der Waals surface area contributed by atoms with Crippen molar-refractivity contribution in [3.63, 3.8) is 0 Å². The fraction of sp³-hybridized carbons (Fsp3) is 0.667. The molecular weight excluding hydrogens is 176 g/mol. The smallest absolute Gasteiger partial charge is 0.180 e. The van der Waals surface area contributed by atoms with E-state index in [9.17, 15) is 0 Å². The number of ether oxygens (including phenoxy) is 2. The van der Waals surface area contributed by atoms with E-state index in [0.29, 0.717) is 0 Å². The van der Waals surface area contributed by atoms with Gasteiger partial charge in [0.25, 0.3) is 0 Å². The van der Waals surface area contributed by atoms with Gasteiger partial charge in [0.1, 0.15) is 0 Å². The van der Waals surface area contributed by atoms with Crippen molar-refractivity contribution in [2.24, 2.45) is 0 Å². The van der Waals surface area contributed by atoms with E-state index in [0.717, 1.165) is 38.9 Å². The fourth-order valence-electron chi connectivity index (χ4n) is 2.04. The number of hydrogen-bond acceptors (Lipinski definition) is 2. The monoisotopic (exact) mass is 194 g/mol. The molecule has 0 unspecified atom stereocenters. The molecule has 1 heterocycles. The van der Waals surface area contributed by atoms with E-state index in [-0.39, 0.29) is 6.29 Å². The molecule has 0 aromatic rings. The van der Waals surface area contributed by atoms with Gasteiger partial charge < -0.3 is 9.47 Å². The van der Waals surface area contributed by atoms with Gasteiger partial charge in [-0.05, 0) is 36.8 Å². The topological polar surface area (TPSA) is 18.5 Å². The van der Waals surface area contributed by atoms with Crippen LogP contribution in [0.3, 0.4) is 0 Å². The highest BCUT2D eigenvalue weighted by Gasteiger charge is 2.21. The molecule has 1 aliphatic carbocycles. The maximum absolute atomic E-state index is 5.64. The van der Waals surface area contributed by atoms with E-state index in [4.69, 9.17) is 9.47 Å².